The third-order valence-electron chi connectivity index (χ3n) is 4.76. The molecule has 0 aliphatic carbocycles. The van der Waals surface area contributed by atoms with E-state index in [2.05, 4.69) is 31.2 Å². The van der Waals surface area contributed by atoms with Crippen LogP contribution in [0.2, 0.25) is 0 Å². The number of benzene rings is 2. The highest BCUT2D eigenvalue weighted by Gasteiger charge is 2.24. The van der Waals surface area contributed by atoms with E-state index in [4.69, 9.17) is 0 Å². The molecule has 1 saturated heterocycles. The molecular formula is C19H25FN2+2. The highest BCUT2D eigenvalue weighted by Crippen LogP contribution is 2.05. The Balaban J connectivity index is 1.52. The van der Waals surface area contributed by atoms with Gasteiger partial charge in [0.15, 0.2) is 0 Å². The summed E-state index contributed by atoms with van der Waals surface area (Å²) in [6.07, 6.45) is 0. The maximum absolute atomic E-state index is 13.7. The Hall–Kier alpha value is -1.71. The molecule has 2 N–H and O–H groups in total. The molecule has 22 heavy (non-hydrogen) atoms. The topological polar surface area (TPSA) is 8.88 Å². The first-order valence-corrected chi connectivity index (χ1v) is 8.17. The zero-order valence-electron chi connectivity index (χ0n) is 13.2. The molecule has 0 aromatic heterocycles. The molecule has 1 heterocycles. The van der Waals surface area contributed by atoms with Crippen LogP contribution in [-0.2, 0) is 13.1 Å². The van der Waals surface area contributed by atoms with Crippen molar-refractivity contribution in [2.24, 2.45) is 0 Å². The largest absolute Gasteiger partial charge is 0.322 e. The van der Waals surface area contributed by atoms with Crippen LogP contribution in [0.1, 0.15) is 16.7 Å². The summed E-state index contributed by atoms with van der Waals surface area (Å²) in [5.74, 6) is -0.0651. The Bertz CT molecular complexity index is 563. The third kappa shape index (κ3) is 3.73. The zero-order valence-corrected chi connectivity index (χ0v) is 13.2. The predicted molar refractivity (Wildman–Crippen MR) is 86.4 cm³/mol. The molecule has 1 fully saturated rings. The van der Waals surface area contributed by atoms with Crippen LogP contribution in [0.5, 0.6) is 0 Å². The van der Waals surface area contributed by atoms with E-state index in [0.717, 1.165) is 44.8 Å². The van der Waals surface area contributed by atoms with Crippen LogP contribution in [0.15, 0.2) is 48.5 Å². The van der Waals surface area contributed by atoms with Crippen LogP contribution in [0.4, 0.5) is 4.39 Å². The van der Waals surface area contributed by atoms with Crippen molar-refractivity contribution in [1.82, 2.24) is 0 Å². The summed E-state index contributed by atoms with van der Waals surface area (Å²) in [6, 6.07) is 15.8. The Morgan fingerprint density at radius 1 is 0.773 bits per heavy atom. The molecule has 3 rings (SSSR count). The summed E-state index contributed by atoms with van der Waals surface area (Å²) in [4.78, 5) is 3.14. The number of aryl methyl sites for hydroxylation is 1. The molecule has 0 atom stereocenters. The van der Waals surface area contributed by atoms with Gasteiger partial charge in [-0.2, -0.15) is 0 Å². The van der Waals surface area contributed by atoms with Gasteiger partial charge in [-0.25, -0.2) is 4.39 Å². The molecule has 0 spiro atoms. The van der Waals surface area contributed by atoms with Gasteiger partial charge in [-0.1, -0.05) is 42.5 Å². The second-order valence-corrected chi connectivity index (χ2v) is 6.37. The van der Waals surface area contributed by atoms with E-state index in [9.17, 15) is 4.39 Å². The molecule has 116 valence electrons. The fourth-order valence-electron chi connectivity index (χ4n) is 3.30. The number of rotatable bonds is 4. The van der Waals surface area contributed by atoms with Crippen LogP contribution in [-0.4, -0.2) is 26.2 Å². The molecule has 1 aliphatic rings. The smallest absolute Gasteiger partial charge is 0.132 e. The monoisotopic (exact) mass is 300 g/mol. The molecule has 0 radical (unpaired) electrons. The van der Waals surface area contributed by atoms with Crippen molar-refractivity contribution in [2.45, 2.75) is 20.0 Å². The van der Waals surface area contributed by atoms with Crippen molar-refractivity contribution in [3.8, 4) is 0 Å². The fourth-order valence-corrected chi connectivity index (χ4v) is 3.30. The van der Waals surface area contributed by atoms with Gasteiger partial charge in [-0.15, -0.1) is 0 Å². The minimum Gasteiger partial charge on any atom is -0.322 e. The van der Waals surface area contributed by atoms with Gasteiger partial charge in [-0.3, -0.25) is 0 Å². The molecule has 0 amide bonds. The fraction of sp³-hybridized carbons (Fsp3) is 0.368. The van der Waals surface area contributed by atoms with Crippen molar-refractivity contribution in [3.63, 3.8) is 0 Å². The van der Waals surface area contributed by atoms with E-state index in [-0.39, 0.29) is 5.82 Å². The summed E-state index contributed by atoms with van der Waals surface area (Å²) in [7, 11) is 0. The first kappa shape index (κ1) is 15.2. The van der Waals surface area contributed by atoms with E-state index in [1.165, 1.54) is 16.0 Å². The summed E-state index contributed by atoms with van der Waals surface area (Å²) < 4.78 is 13.7. The van der Waals surface area contributed by atoms with E-state index < -0.39 is 0 Å². The van der Waals surface area contributed by atoms with Gasteiger partial charge in [0.2, 0.25) is 0 Å². The highest BCUT2D eigenvalue weighted by molar-refractivity contribution is 5.24. The number of piperazine rings is 1. The van der Waals surface area contributed by atoms with Crippen molar-refractivity contribution < 1.29 is 14.2 Å². The normalized spacial score (nSPS) is 21.7. The Morgan fingerprint density at radius 3 is 1.86 bits per heavy atom. The van der Waals surface area contributed by atoms with Crippen LogP contribution in [0.3, 0.4) is 0 Å². The van der Waals surface area contributed by atoms with Gasteiger partial charge in [0.05, 0.1) is 0 Å². The molecule has 2 aromatic rings. The number of hydrogen-bond acceptors (Lipinski definition) is 0. The summed E-state index contributed by atoms with van der Waals surface area (Å²) >= 11 is 0. The average Bonchev–Trinajstić information content (AvgIpc) is 2.54. The lowest BCUT2D eigenvalue weighted by atomic mass is 10.1. The minimum atomic E-state index is -0.0651. The van der Waals surface area contributed by atoms with Gasteiger partial charge in [0, 0.05) is 11.1 Å². The van der Waals surface area contributed by atoms with Crippen molar-refractivity contribution in [2.75, 3.05) is 26.2 Å². The first-order valence-electron chi connectivity index (χ1n) is 8.17. The standard InChI is InChI=1S/C19H23FN2/c1-16-6-2-3-7-17(16)14-21-10-12-22(13-11-21)15-18-8-4-5-9-19(18)20/h2-9H,10-15H2,1H3/p+2. The SMILES string of the molecule is Cc1ccccc1C[NH+]1CC[NH+](Cc2ccccc2F)CC1. The highest BCUT2D eigenvalue weighted by atomic mass is 19.1. The van der Waals surface area contributed by atoms with Gasteiger partial charge >= 0.3 is 0 Å². The Labute approximate surface area is 132 Å². The van der Waals surface area contributed by atoms with E-state index in [1.807, 2.05) is 12.1 Å². The average molecular weight is 300 g/mol. The van der Waals surface area contributed by atoms with Gasteiger partial charge in [0.1, 0.15) is 45.1 Å². The lowest BCUT2D eigenvalue weighted by Gasteiger charge is -2.30. The lowest BCUT2D eigenvalue weighted by Crippen LogP contribution is -3.27. The third-order valence-corrected chi connectivity index (χ3v) is 4.76. The maximum atomic E-state index is 13.7. The molecule has 1 aliphatic heterocycles. The summed E-state index contributed by atoms with van der Waals surface area (Å²) in [5, 5.41) is 0. The van der Waals surface area contributed by atoms with Crippen LogP contribution >= 0.6 is 0 Å². The Morgan fingerprint density at radius 2 is 1.27 bits per heavy atom. The second kappa shape index (κ2) is 7.03. The summed E-state index contributed by atoms with van der Waals surface area (Å²) in [5.41, 5.74) is 3.69. The second-order valence-electron chi connectivity index (χ2n) is 6.37. The maximum Gasteiger partial charge on any atom is 0.132 e. The molecule has 2 aromatic carbocycles. The van der Waals surface area contributed by atoms with Gasteiger partial charge in [-0.05, 0) is 18.6 Å². The van der Waals surface area contributed by atoms with Crippen molar-refractivity contribution in [3.05, 3.63) is 71.0 Å². The van der Waals surface area contributed by atoms with Crippen molar-refractivity contribution >= 4 is 0 Å². The van der Waals surface area contributed by atoms with Crippen LogP contribution in [0.25, 0.3) is 0 Å². The summed E-state index contributed by atoms with van der Waals surface area (Å²) in [6.45, 7) is 8.68. The molecule has 2 nitrogen and oxygen atoms in total. The number of hydrogen-bond donors (Lipinski definition) is 2. The van der Waals surface area contributed by atoms with Gasteiger partial charge in [0.25, 0.3) is 0 Å². The number of halogens is 1. The minimum absolute atomic E-state index is 0.0651. The van der Waals surface area contributed by atoms with Gasteiger partial charge < -0.3 is 9.80 Å². The quantitative estimate of drug-likeness (QED) is 0.819. The Kier molecular flexibility index (Phi) is 4.86. The number of nitrogens with one attached hydrogen (secondary N) is 2. The molecule has 0 saturated carbocycles. The van der Waals surface area contributed by atoms with E-state index in [1.54, 1.807) is 17.0 Å². The van der Waals surface area contributed by atoms with Crippen LogP contribution in [0, 0.1) is 12.7 Å². The van der Waals surface area contributed by atoms with E-state index >= 15 is 0 Å². The van der Waals surface area contributed by atoms with Crippen LogP contribution < -0.4 is 9.80 Å². The molecular weight excluding hydrogens is 275 g/mol. The molecule has 0 bridgehead atoms. The zero-order chi connectivity index (χ0) is 15.4. The van der Waals surface area contributed by atoms with Crippen molar-refractivity contribution in [1.29, 1.82) is 0 Å². The lowest BCUT2D eigenvalue weighted by molar-refractivity contribution is -1.02. The number of quaternary nitrogens is 2. The molecule has 0 unspecified atom stereocenters. The first-order chi connectivity index (χ1) is 10.7. The predicted octanol–water partition coefficient (Wildman–Crippen LogP) is 0.618. The van der Waals surface area contributed by atoms with E-state index in [0.29, 0.717) is 0 Å². The molecule has 3 heteroatoms.